The Bertz CT molecular complexity index is 1480. The molecule has 7 nitrogen and oxygen atoms in total. The van der Waals surface area contributed by atoms with Gasteiger partial charge in [-0.1, -0.05) is 31.2 Å². The first kappa shape index (κ1) is 23.5. The average Bonchev–Trinajstić information content (AvgIpc) is 3.30. The van der Waals surface area contributed by atoms with Crippen molar-refractivity contribution in [1.82, 2.24) is 8.87 Å². The number of pyridine rings is 1. The maximum atomic E-state index is 13.6. The largest absolute Gasteiger partial charge is 0.343 e. The summed E-state index contributed by atoms with van der Waals surface area (Å²) in [5.74, 6) is 0.117. The number of piperidine rings is 1. The Kier molecular flexibility index (Phi) is 6.11. The van der Waals surface area contributed by atoms with Crippen molar-refractivity contribution in [2.24, 2.45) is 5.92 Å². The van der Waals surface area contributed by atoms with Gasteiger partial charge in [0.25, 0.3) is 5.91 Å². The molecule has 0 spiro atoms. The van der Waals surface area contributed by atoms with Crippen LogP contribution in [0.5, 0.6) is 0 Å². The van der Waals surface area contributed by atoms with E-state index >= 15 is 0 Å². The van der Waals surface area contributed by atoms with Gasteiger partial charge < -0.3 is 9.47 Å². The third-order valence-corrected chi connectivity index (χ3v) is 9.02. The molecule has 3 heterocycles. The van der Waals surface area contributed by atoms with E-state index < -0.39 is 15.5 Å². The molecule has 0 bridgehead atoms. The number of benzene rings is 2. The van der Waals surface area contributed by atoms with Crippen LogP contribution < -0.4 is 10.3 Å². The molecule has 8 heteroatoms. The number of anilines is 1. The standard InChI is InChI=1S/C27H29N3O4S/c1-3-13-28-18-23(27(32)30-16-12-20-6-4-5-7-24(20)30)26(31)22-17-21(8-9-25(22)28)35(33,34)29-14-10-19(2)11-15-29/h3-9,17-19H,1,10-16H2,2H3. The number of sulfonamides is 1. The van der Waals surface area contributed by atoms with Gasteiger partial charge in [-0.2, -0.15) is 4.31 Å². The number of aromatic nitrogens is 1. The lowest BCUT2D eigenvalue weighted by molar-refractivity contribution is 0.0988. The average molecular weight is 492 g/mol. The first-order chi connectivity index (χ1) is 16.8. The first-order valence-corrected chi connectivity index (χ1v) is 13.4. The van der Waals surface area contributed by atoms with E-state index in [2.05, 4.69) is 13.5 Å². The van der Waals surface area contributed by atoms with E-state index in [0.29, 0.717) is 37.6 Å². The number of nitrogens with zero attached hydrogens (tertiary/aromatic N) is 3. The van der Waals surface area contributed by atoms with Crippen LogP contribution >= 0.6 is 0 Å². The molecule has 0 unspecified atom stereocenters. The molecule has 1 saturated heterocycles. The van der Waals surface area contributed by atoms with Gasteiger partial charge in [0.1, 0.15) is 5.56 Å². The van der Waals surface area contributed by atoms with Crippen molar-refractivity contribution in [3.05, 3.63) is 82.7 Å². The fraction of sp³-hybridized carbons (Fsp3) is 0.333. The zero-order valence-electron chi connectivity index (χ0n) is 19.8. The second-order valence-electron chi connectivity index (χ2n) is 9.41. The highest BCUT2D eigenvalue weighted by Crippen LogP contribution is 2.29. The second-order valence-corrected chi connectivity index (χ2v) is 11.4. The first-order valence-electron chi connectivity index (χ1n) is 12.0. The summed E-state index contributed by atoms with van der Waals surface area (Å²) in [6.45, 7) is 7.73. The summed E-state index contributed by atoms with van der Waals surface area (Å²) < 4.78 is 30.0. The van der Waals surface area contributed by atoms with Crippen molar-refractivity contribution in [1.29, 1.82) is 0 Å². The van der Waals surface area contributed by atoms with Crippen molar-refractivity contribution in [2.45, 2.75) is 37.6 Å². The molecule has 1 amide bonds. The van der Waals surface area contributed by atoms with Crippen LogP contribution in [0, 0.1) is 5.92 Å². The third-order valence-electron chi connectivity index (χ3n) is 7.12. The van der Waals surface area contributed by atoms with Crippen LogP contribution in [-0.2, 0) is 23.0 Å². The Morgan fingerprint density at radius 3 is 2.60 bits per heavy atom. The Hall–Kier alpha value is -3.23. The summed E-state index contributed by atoms with van der Waals surface area (Å²) in [4.78, 5) is 28.9. The number of allylic oxidation sites excluding steroid dienone is 1. The maximum absolute atomic E-state index is 13.6. The number of para-hydroxylation sites is 1. The van der Waals surface area contributed by atoms with Gasteiger partial charge in [-0.05, 0) is 55.0 Å². The summed E-state index contributed by atoms with van der Waals surface area (Å²) in [6.07, 6.45) is 5.61. The van der Waals surface area contributed by atoms with E-state index in [1.807, 2.05) is 24.3 Å². The lowest BCUT2D eigenvalue weighted by Crippen LogP contribution is -2.38. The Balaban J connectivity index is 1.61. The summed E-state index contributed by atoms with van der Waals surface area (Å²) in [6, 6.07) is 12.3. The highest BCUT2D eigenvalue weighted by Gasteiger charge is 2.30. The van der Waals surface area contributed by atoms with E-state index in [1.54, 1.807) is 33.9 Å². The minimum atomic E-state index is -3.74. The van der Waals surface area contributed by atoms with Crippen LogP contribution in [-0.4, -0.2) is 42.8 Å². The molecule has 35 heavy (non-hydrogen) atoms. The minimum Gasteiger partial charge on any atom is -0.343 e. The molecule has 0 aliphatic carbocycles. The van der Waals surface area contributed by atoms with Gasteiger partial charge >= 0.3 is 0 Å². The normalized spacial score (nSPS) is 17.0. The molecule has 2 aliphatic rings. The number of fused-ring (bicyclic) bond motifs is 2. The van der Waals surface area contributed by atoms with Crippen LogP contribution in [0.25, 0.3) is 10.9 Å². The van der Waals surface area contributed by atoms with Crippen LogP contribution in [0.15, 0.2) is 71.0 Å². The number of carbonyl (C=O) groups is 1. The minimum absolute atomic E-state index is 0.0254. The summed E-state index contributed by atoms with van der Waals surface area (Å²) >= 11 is 0. The molecule has 0 N–H and O–H groups in total. The molecule has 2 aromatic carbocycles. The molecule has 0 saturated carbocycles. The molecule has 0 atom stereocenters. The maximum Gasteiger partial charge on any atom is 0.263 e. The summed E-state index contributed by atoms with van der Waals surface area (Å²) in [5.41, 5.74) is 2.01. The van der Waals surface area contributed by atoms with E-state index in [9.17, 15) is 18.0 Å². The zero-order valence-corrected chi connectivity index (χ0v) is 20.6. The van der Waals surface area contributed by atoms with Gasteiger partial charge in [0.05, 0.1) is 10.4 Å². The molecule has 5 rings (SSSR count). The number of hydrogen-bond donors (Lipinski definition) is 0. The van der Waals surface area contributed by atoms with E-state index in [1.165, 1.54) is 10.4 Å². The summed E-state index contributed by atoms with van der Waals surface area (Å²) in [7, 11) is -3.74. The molecule has 2 aliphatic heterocycles. The van der Waals surface area contributed by atoms with Gasteiger partial charge in [0, 0.05) is 43.4 Å². The highest BCUT2D eigenvalue weighted by atomic mass is 32.2. The lowest BCUT2D eigenvalue weighted by atomic mass is 10.0. The predicted molar refractivity (Wildman–Crippen MR) is 137 cm³/mol. The second kappa shape index (κ2) is 9.09. The number of amides is 1. The molecular weight excluding hydrogens is 462 g/mol. The van der Waals surface area contributed by atoms with Crippen molar-refractivity contribution >= 4 is 32.5 Å². The number of rotatable bonds is 5. The van der Waals surface area contributed by atoms with E-state index in [0.717, 1.165) is 30.5 Å². The number of hydrogen-bond acceptors (Lipinski definition) is 4. The van der Waals surface area contributed by atoms with Crippen LogP contribution in [0.2, 0.25) is 0 Å². The summed E-state index contributed by atoms with van der Waals surface area (Å²) in [5, 5.41) is 0.219. The lowest BCUT2D eigenvalue weighted by Gasteiger charge is -2.29. The SMILES string of the molecule is C=CCn1cc(C(=O)N2CCc3ccccc32)c(=O)c2cc(S(=O)(=O)N3CCC(C)CC3)ccc21. The van der Waals surface area contributed by atoms with Crippen LogP contribution in [0.1, 0.15) is 35.7 Å². The molecular formula is C27H29N3O4S. The fourth-order valence-corrected chi connectivity index (χ4v) is 6.54. The smallest absolute Gasteiger partial charge is 0.263 e. The quantitative estimate of drug-likeness (QED) is 0.509. The molecule has 1 aromatic heterocycles. The van der Waals surface area contributed by atoms with Crippen molar-refractivity contribution in [2.75, 3.05) is 24.5 Å². The fourth-order valence-electron chi connectivity index (χ4n) is 5.05. The van der Waals surface area contributed by atoms with Gasteiger partial charge in [0.15, 0.2) is 0 Å². The monoisotopic (exact) mass is 491 g/mol. The molecule has 3 aromatic rings. The Morgan fingerprint density at radius 2 is 1.86 bits per heavy atom. The Labute approximate surface area is 205 Å². The van der Waals surface area contributed by atoms with Gasteiger partial charge in [-0.3, -0.25) is 9.59 Å². The van der Waals surface area contributed by atoms with Crippen molar-refractivity contribution in [3.8, 4) is 0 Å². The van der Waals surface area contributed by atoms with E-state index in [-0.39, 0.29) is 21.8 Å². The van der Waals surface area contributed by atoms with Gasteiger partial charge in [0.2, 0.25) is 15.5 Å². The van der Waals surface area contributed by atoms with Crippen molar-refractivity contribution in [3.63, 3.8) is 0 Å². The van der Waals surface area contributed by atoms with Crippen LogP contribution in [0.3, 0.4) is 0 Å². The highest BCUT2D eigenvalue weighted by molar-refractivity contribution is 7.89. The Morgan fingerprint density at radius 1 is 1.11 bits per heavy atom. The molecule has 1 fully saturated rings. The zero-order chi connectivity index (χ0) is 24.7. The predicted octanol–water partition coefficient (Wildman–Crippen LogP) is 3.81. The van der Waals surface area contributed by atoms with Gasteiger partial charge in [-0.15, -0.1) is 6.58 Å². The van der Waals surface area contributed by atoms with Crippen LogP contribution in [0.4, 0.5) is 5.69 Å². The van der Waals surface area contributed by atoms with Gasteiger partial charge in [-0.25, -0.2) is 8.42 Å². The topological polar surface area (TPSA) is 79.7 Å². The number of carbonyl (C=O) groups excluding carboxylic acids is 1. The third kappa shape index (κ3) is 4.10. The van der Waals surface area contributed by atoms with E-state index in [4.69, 9.17) is 0 Å². The molecule has 0 radical (unpaired) electrons. The van der Waals surface area contributed by atoms with Crippen molar-refractivity contribution < 1.29 is 13.2 Å². The molecule has 182 valence electrons.